The molecule has 0 aromatic heterocycles. The zero-order valence-corrected chi connectivity index (χ0v) is 49.3. The topological polar surface area (TPSA) is 433 Å². The fraction of sp³-hybridized carbons (Fsp3) is 0.948. The number of carbonyl (C=O) groups excluding carboxylic acids is 1. The molecule has 5 saturated heterocycles. The van der Waals surface area contributed by atoms with Crippen molar-refractivity contribution in [2.24, 2.45) is 50.2 Å². The maximum absolute atomic E-state index is 16.0. The van der Waals surface area contributed by atoms with E-state index in [-0.39, 0.29) is 23.7 Å². The molecule has 27 heteroatoms. The highest BCUT2D eigenvalue weighted by Gasteiger charge is 2.72. The molecule has 10 rings (SSSR count). The molecule has 16 N–H and O–H groups in total. The molecule has 488 valence electrons. The zero-order valence-electron chi connectivity index (χ0n) is 49.3. The van der Waals surface area contributed by atoms with Crippen LogP contribution in [0.5, 0.6) is 0 Å². The van der Waals surface area contributed by atoms with Gasteiger partial charge < -0.3 is 129 Å². The second-order valence-corrected chi connectivity index (χ2v) is 28.3. The van der Waals surface area contributed by atoms with Crippen LogP contribution in [0, 0.1) is 50.2 Å². The van der Waals surface area contributed by atoms with E-state index in [2.05, 4.69) is 40.7 Å². The maximum Gasteiger partial charge on any atom is 0.315 e. The molecule has 0 aromatic carbocycles. The lowest BCUT2D eigenvalue weighted by Gasteiger charge is -2.72. The minimum absolute atomic E-state index is 0.0859. The molecular formula is C58H94O27. The number of allylic oxidation sites excluding steroid dienone is 2. The highest BCUT2D eigenvalue weighted by molar-refractivity contribution is 5.79. The van der Waals surface area contributed by atoms with Gasteiger partial charge in [0.1, 0.15) is 91.1 Å². The second-order valence-electron chi connectivity index (χ2n) is 28.3. The predicted octanol–water partition coefficient (Wildman–Crippen LogP) is -3.96. The van der Waals surface area contributed by atoms with Gasteiger partial charge in [0.05, 0.1) is 63.4 Å². The second kappa shape index (κ2) is 24.0. The molecule has 5 aliphatic carbocycles. The van der Waals surface area contributed by atoms with Crippen molar-refractivity contribution in [3.05, 3.63) is 11.6 Å². The van der Waals surface area contributed by atoms with Gasteiger partial charge in [0.2, 0.25) is 6.29 Å². The lowest BCUT2D eigenvalue weighted by Crippen LogP contribution is -2.69. The molecule has 0 bridgehead atoms. The standard InChI is InChI=1S/C58H94O27/c1-24-33(65)36(68)39(71)47(78-24)83-43-42(82-50-44(73)58(75,22-62)23-77-50)41(81-46-38(70)34(66)28(64)20-76-46)30(19-60)80-49(43)85-51(74)57-14-12-52(2,3)16-26(57)25-8-9-32-53(4)17-27(63)45(84-48-40(72)37(69)35(67)29(18-59)79-48)54(5,21-61)31(53)10-11-56(32,7)55(25,6)13-15-57/h8,24,26-50,59-73,75H,9-23H2,1-7H3/t24-,26-,27-,28+,29+,30+,31+,32+,33-,34-,35+,36+,37-,38+,39+,40+,41+,42-,43+,44-,45-,46-,47-,48-,49-,50-,53-,54+,55+,56+,57-,58+/m0/s1. The van der Waals surface area contributed by atoms with Gasteiger partial charge in [-0.3, -0.25) is 4.79 Å². The first kappa shape index (κ1) is 66.1. The smallest absolute Gasteiger partial charge is 0.315 e. The number of aliphatic hydroxyl groups is 16. The third-order valence-corrected chi connectivity index (χ3v) is 22.9. The number of carbonyl (C=O) groups is 1. The Morgan fingerprint density at radius 3 is 1.85 bits per heavy atom. The average molecular weight is 1220 g/mol. The molecule has 5 aliphatic heterocycles. The predicted molar refractivity (Wildman–Crippen MR) is 285 cm³/mol. The van der Waals surface area contributed by atoms with E-state index in [4.69, 9.17) is 47.4 Å². The summed E-state index contributed by atoms with van der Waals surface area (Å²) in [5.74, 6) is -1.50. The maximum atomic E-state index is 16.0. The van der Waals surface area contributed by atoms with Gasteiger partial charge in [-0.2, -0.15) is 0 Å². The summed E-state index contributed by atoms with van der Waals surface area (Å²) in [6, 6.07) is 0. The molecule has 0 unspecified atom stereocenters. The molecule has 32 atom stereocenters. The van der Waals surface area contributed by atoms with Crippen LogP contribution in [0.3, 0.4) is 0 Å². The quantitative estimate of drug-likeness (QED) is 0.0448. The molecule has 0 radical (unpaired) electrons. The minimum Gasteiger partial charge on any atom is -0.432 e. The molecule has 10 aliphatic rings. The first-order valence-corrected chi connectivity index (χ1v) is 30.2. The summed E-state index contributed by atoms with van der Waals surface area (Å²) >= 11 is 0. The van der Waals surface area contributed by atoms with E-state index in [0.29, 0.717) is 51.4 Å². The fourth-order valence-electron chi connectivity index (χ4n) is 17.5. The molecule has 5 heterocycles. The third kappa shape index (κ3) is 10.8. The summed E-state index contributed by atoms with van der Waals surface area (Å²) in [5, 5.41) is 175. The monoisotopic (exact) mass is 1220 g/mol. The summed E-state index contributed by atoms with van der Waals surface area (Å²) in [7, 11) is 0. The van der Waals surface area contributed by atoms with Gasteiger partial charge in [0, 0.05) is 5.41 Å². The van der Waals surface area contributed by atoms with Crippen LogP contribution in [0.1, 0.15) is 106 Å². The third-order valence-electron chi connectivity index (χ3n) is 22.9. The van der Waals surface area contributed by atoms with Crippen LogP contribution in [0.25, 0.3) is 0 Å². The van der Waals surface area contributed by atoms with Crippen molar-refractivity contribution in [2.45, 2.75) is 253 Å². The molecular weight excluding hydrogens is 1130 g/mol. The molecule has 0 amide bonds. The van der Waals surface area contributed by atoms with Crippen LogP contribution >= 0.6 is 0 Å². The number of rotatable bonds is 14. The van der Waals surface area contributed by atoms with Crippen LogP contribution in [-0.2, 0) is 52.2 Å². The Morgan fingerprint density at radius 2 is 1.20 bits per heavy atom. The van der Waals surface area contributed by atoms with Crippen LogP contribution in [0.2, 0.25) is 0 Å². The molecule has 0 spiro atoms. The normalized spacial score (nSPS) is 55.1. The first-order valence-electron chi connectivity index (χ1n) is 30.2. The highest BCUT2D eigenvalue weighted by atomic mass is 16.8. The van der Waals surface area contributed by atoms with Gasteiger partial charge in [-0.1, -0.05) is 53.2 Å². The zero-order chi connectivity index (χ0) is 62.1. The van der Waals surface area contributed by atoms with E-state index in [1.807, 2.05) is 6.92 Å². The van der Waals surface area contributed by atoms with Gasteiger partial charge in [0.15, 0.2) is 31.3 Å². The molecule has 4 saturated carbocycles. The van der Waals surface area contributed by atoms with E-state index in [0.717, 1.165) is 5.57 Å². The van der Waals surface area contributed by atoms with Crippen LogP contribution in [-0.4, -0.2) is 274 Å². The number of aliphatic hydroxyl groups excluding tert-OH is 15. The van der Waals surface area contributed by atoms with Crippen molar-refractivity contribution in [3.8, 4) is 0 Å². The summed E-state index contributed by atoms with van der Waals surface area (Å²) in [4.78, 5) is 16.0. The van der Waals surface area contributed by atoms with E-state index in [9.17, 15) is 81.7 Å². The molecule has 9 fully saturated rings. The van der Waals surface area contributed by atoms with Crippen molar-refractivity contribution in [1.82, 2.24) is 0 Å². The van der Waals surface area contributed by atoms with E-state index in [1.54, 1.807) is 0 Å². The first-order chi connectivity index (χ1) is 39.8. The Morgan fingerprint density at radius 1 is 0.588 bits per heavy atom. The summed E-state index contributed by atoms with van der Waals surface area (Å²) in [5.41, 5.74) is -5.48. The largest absolute Gasteiger partial charge is 0.432 e. The molecule has 0 aromatic rings. The Labute approximate surface area is 493 Å². The lowest BCUT2D eigenvalue weighted by molar-refractivity contribution is -0.391. The Bertz CT molecular complexity index is 2390. The Kier molecular flexibility index (Phi) is 18.7. The number of esters is 1. The van der Waals surface area contributed by atoms with Crippen LogP contribution < -0.4 is 0 Å². The number of fused-ring (bicyclic) bond motifs is 7. The highest BCUT2D eigenvalue weighted by Crippen LogP contribution is 2.76. The summed E-state index contributed by atoms with van der Waals surface area (Å²) < 4.78 is 61.4. The van der Waals surface area contributed by atoms with E-state index < -0.39 is 226 Å². The number of hydrogen-bond donors (Lipinski definition) is 16. The Balaban J connectivity index is 0.986. The molecule has 85 heavy (non-hydrogen) atoms. The SMILES string of the molecule is C[C@@H]1O[C@@H](O[C@H]2[C@H](OC(=O)[C@]34CCC(C)(C)C[C@H]3C3=CC[C@@H]5[C@@]6(C)C[C@H](O)[C@H](O[C@@H]7O[C@H](CO)[C@@H](O)[C@H](O)[C@H]7O)[C@](C)(CO)[C@@H]6CC[C@@]5(C)[C@]3(C)CC4)O[C@H](CO)[C@@H](O[C@@H]3OC[C@@H](O)[C@H](O)[C@H]3O)[C@@H]2O[C@@H]2OC[C@](O)(CO)[C@H]2O)[C@H](O)[C@H](O)[C@H]1O. The van der Waals surface area contributed by atoms with Gasteiger partial charge in [-0.25, -0.2) is 0 Å². The lowest BCUT2D eigenvalue weighted by atomic mass is 9.33. The summed E-state index contributed by atoms with van der Waals surface area (Å²) in [6.45, 7) is 10.0. The fourth-order valence-corrected chi connectivity index (χ4v) is 17.5. The van der Waals surface area contributed by atoms with Gasteiger partial charge in [-0.15, -0.1) is 0 Å². The van der Waals surface area contributed by atoms with Crippen molar-refractivity contribution >= 4 is 5.97 Å². The summed E-state index contributed by atoms with van der Waals surface area (Å²) in [6.07, 6.45) is -31.9. The Hall–Kier alpha value is -1.79. The molecule has 27 nitrogen and oxygen atoms in total. The number of ether oxygens (including phenoxy) is 10. The van der Waals surface area contributed by atoms with Gasteiger partial charge >= 0.3 is 5.97 Å². The average Bonchev–Trinajstić information content (AvgIpc) is 2.25. The van der Waals surface area contributed by atoms with Crippen molar-refractivity contribution < 1.29 is 134 Å². The van der Waals surface area contributed by atoms with Crippen molar-refractivity contribution in [1.29, 1.82) is 0 Å². The van der Waals surface area contributed by atoms with E-state index in [1.165, 1.54) is 6.92 Å². The van der Waals surface area contributed by atoms with Crippen molar-refractivity contribution in [3.63, 3.8) is 0 Å². The van der Waals surface area contributed by atoms with Gasteiger partial charge in [0.25, 0.3) is 0 Å². The van der Waals surface area contributed by atoms with Crippen LogP contribution in [0.15, 0.2) is 11.6 Å². The van der Waals surface area contributed by atoms with Crippen molar-refractivity contribution in [2.75, 3.05) is 39.6 Å². The van der Waals surface area contributed by atoms with Gasteiger partial charge in [-0.05, 0) is 104 Å². The van der Waals surface area contributed by atoms with E-state index >= 15 is 4.79 Å². The number of hydrogen-bond acceptors (Lipinski definition) is 27. The minimum atomic E-state index is -2.26. The van der Waals surface area contributed by atoms with Crippen LogP contribution in [0.4, 0.5) is 0 Å².